The van der Waals surface area contributed by atoms with Crippen molar-refractivity contribution in [2.45, 2.75) is 24.3 Å². The molecule has 0 aliphatic rings. The van der Waals surface area contributed by atoms with Crippen LogP contribution < -0.4 is 11.1 Å². The molecule has 1 aromatic carbocycles. The standard InChI is InChI=1S/C15H17FN4O2S/c1-8(2)12(13(21)20-14(17)22)23-15-18-7-11(19-15)9-3-5-10(16)6-4-9/h3-8,12H,1-2H3,(H,18,19)(H3,17,20,21,22)/t12-/m1/s1. The molecule has 0 aliphatic carbocycles. The van der Waals surface area contributed by atoms with Gasteiger partial charge in [0.25, 0.3) is 0 Å². The van der Waals surface area contributed by atoms with Crippen molar-refractivity contribution in [1.29, 1.82) is 0 Å². The first-order chi connectivity index (χ1) is 10.9. The monoisotopic (exact) mass is 336 g/mol. The highest BCUT2D eigenvalue weighted by molar-refractivity contribution is 8.00. The average molecular weight is 336 g/mol. The number of hydrogen-bond acceptors (Lipinski definition) is 4. The lowest BCUT2D eigenvalue weighted by molar-refractivity contribution is -0.120. The van der Waals surface area contributed by atoms with Gasteiger partial charge in [-0.1, -0.05) is 25.6 Å². The Kier molecular flexibility index (Phi) is 5.38. The number of urea groups is 1. The van der Waals surface area contributed by atoms with Crippen LogP contribution in [0.4, 0.5) is 9.18 Å². The SMILES string of the molecule is CC(C)[C@@H](Sc1ncc(-c2ccc(F)cc2)[nH]1)C(=O)NC(N)=O. The fourth-order valence-corrected chi connectivity index (χ4v) is 2.91. The van der Waals surface area contributed by atoms with E-state index in [2.05, 4.69) is 15.3 Å². The Hall–Kier alpha value is -2.35. The first-order valence-electron chi connectivity index (χ1n) is 6.94. The van der Waals surface area contributed by atoms with Crippen molar-refractivity contribution in [2.75, 3.05) is 0 Å². The normalized spacial score (nSPS) is 12.2. The second-order valence-electron chi connectivity index (χ2n) is 5.24. The number of nitrogens with zero attached hydrogens (tertiary/aromatic N) is 1. The number of carbonyl (C=O) groups excluding carboxylic acids is 2. The van der Waals surface area contributed by atoms with Gasteiger partial charge in [0, 0.05) is 0 Å². The highest BCUT2D eigenvalue weighted by Crippen LogP contribution is 2.28. The summed E-state index contributed by atoms with van der Waals surface area (Å²) in [4.78, 5) is 30.1. The second-order valence-corrected chi connectivity index (χ2v) is 6.38. The summed E-state index contributed by atoms with van der Waals surface area (Å²) in [5.74, 6) is -0.804. The van der Waals surface area contributed by atoms with Gasteiger partial charge in [0.15, 0.2) is 5.16 Å². The number of nitrogens with one attached hydrogen (secondary N) is 2. The van der Waals surface area contributed by atoms with Crippen molar-refractivity contribution in [3.05, 3.63) is 36.3 Å². The molecule has 6 nitrogen and oxygen atoms in total. The van der Waals surface area contributed by atoms with Gasteiger partial charge < -0.3 is 10.7 Å². The van der Waals surface area contributed by atoms with E-state index in [1.165, 1.54) is 23.9 Å². The number of imidazole rings is 1. The number of aromatic amines is 1. The summed E-state index contributed by atoms with van der Waals surface area (Å²) in [5.41, 5.74) is 6.48. The minimum Gasteiger partial charge on any atom is -0.351 e. The zero-order valence-corrected chi connectivity index (χ0v) is 13.5. The predicted molar refractivity (Wildman–Crippen MR) is 86.2 cm³/mol. The predicted octanol–water partition coefficient (Wildman–Crippen LogP) is 2.53. The summed E-state index contributed by atoms with van der Waals surface area (Å²) >= 11 is 1.20. The van der Waals surface area contributed by atoms with Crippen LogP contribution >= 0.6 is 11.8 Å². The number of primary amides is 1. The molecule has 0 bridgehead atoms. The Labute approximate surface area is 137 Å². The summed E-state index contributed by atoms with van der Waals surface area (Å²) in [5, 5.41) is 2.10. The molecular weight excluding hydrogens is 319 g/mol. The molecule has 2 rings (SSSR count). The number of H-pyrrole nitrogens is 1. The number of rotatable bonds is 5. The lowest BCUT2D eigenvalue weighted by Gasteiger charge is -2.17. The van der Waals surface area contributed by atoms with Crippen molar-refractivity contribution in [1.82, 2.24) is 15.3 Å². The molecule has 4 N–H and O–H groups in total. The molecule has 3 amide bonds. The topological polar surface area (TPSA) is 101 Å². The molecule has 1 heterocycles. The summed E-state index contributed by atoms with van der Waals surface area (Å²) in [6, 6.07) is 5.11. The zero-order valence-electron chi connectivity index (χ0n) is 12.7. The highest BCUT2D eigenvalue weighted by atomic mass is 32.2. The first-order valence-corrected chi connectivity index (χ1v) is 7.82. The van der Waals surface area contributed by atoms with Crippen LogP contribution in [0.25, 0.3) is 11.3 Å². The number of aromatic nitrogens is 2. The van der Waals surface area contributed by atoms with E-state index in [1.807, 2.05) is 13.8 Å². The maximum Gasteiger partial charge on any atom is 0.318 e. The van der Waals surface area contributed by atoms with Crippen LogP contribution in [0.3, 0.4) is 0 Å². The number of nitrogens with two attached hydrogens (primary N) is 1. The van der Waals surface area contributed by atoms with E-state index in [9.17, 15) is 14.0 Å². The largest absolute Gasteiger partial charge is 0.351 e. The molecule has 8 heteroatoms. The molecule has 1 aromatic heterocycles. The minimum atomic E-state index is -0.882. The lowest BCUT2D eigenvalue weighted by atomic mass is 10.1. The van der Waals surface area contributed by atoms with Crippen LogP contribution in [0, 0.1) is 11.7 Å². The molecule has 0 unspecified atom stereocenters. The van der Waals surface area contributed by atoms with Crippen molar-refractivity contribution < 1.29 is 14.0 Å². The number of thioether (sulfide) groups is 1. The molecule has 2 aromatic rings. The molecule has 23 heavy (non-hydrogen) atoms. The number of benzene rings is 1. The molecule has 0 fully saturated rings. The maximum absolute atomic E-state index is 12.9. The van der Waals surface area contributed by atoms with Crippen LogP contribution in [-0.2, 0) is 4.79 Å². The smallest absolute Gasteiger partial charge is 0.318 e. The van der Waals surface area contributed by atoms with E-state index in [4.69, 9.17) is 5.73 Å². The average Bonchev–Trinajstić information content (AvgIpc) is 2.93. The quantitative estimate of drug-likeness (QED) is 0.730. The van der Waals surface area contributed by atoms with Crippen LogP contribution in [0.15, 0.2) is 35.6 Å². The minimum absolute atomic E-state index is 0.0290. The van der Waals surface area contributed by atoms with Gasteiger partial charge >= 0.3 is 6.03 Å². The van der Waals surface area contributed by atoms with Crippen molar-refractivity contribution in [3.8, 4) is 11.3 Å². The Morgan fingerprint density at radius 2 is 1.96 bits per heavy atom. The summed E-state index contributed by atoms with van der Waals surface area (Å²) < 4.78 is 12.9. The van der Waals surface area contributed by atoms with Crippen LogP contribution in [-0.4, -0.2) is 27.2 Å². The first kappa shape index (κ1) is 17.0. The fourth-order valence-electron chi connectivity index (χ4n) is 1.94. The van der Waals surface area contributed by atoms with Crippen LogP contribution in [0.1, 0.15) is 13.8 Å². The van der Waals surface area contributed by atoms with E-state index < -0.39 is 17.2 Å². The molecule has 0 spiro atoms. The molecule has 0 aliphatic heterocycles. The van der Waals surface area contributed by atoms with Crippen molar-refractivity contribution in [3.63, 3.8) is 0 Å². The third-order valence-electron chi connectivity index (χ3n) is 3.06. The summed E-state index contributed by atoms with van der Waals surface area (Å²) in [6.45, 7) is 3.73. The lowest BCUT2D eigenvalue weighted by Crippen LogP contribution is -2.42. The Bertz CT molecular complexity index is 700. The van der Waals surface area contributed by atoms with E-state index in [0.29, 0.717) is 10.9 Å². The number of amides is 3. The Balaban J connectivity index is 2.14. The number of carbonyl (C=O) groups is 2. The second kappa shape index (κ2) is 7.28. The van der Waals surface area contributed by atoms with E-state index in [-0.39, 0.29) is 11.7 Å². The third kappa shape index (κ3) is 4.56. The highest BCUT2D eigenvalue weighted by Gasteiger charge is 2.25. The Morgan fingerprint density at radius 1 is 1.30 bits per heavy atom. The van der Waals surface area contributed by atoms with Crippen molar-refractivity contribution >= 4 is 23.7 Å². The van der Waals surface area contributed by atoms with Gasteiger partial charge in [0.1, 0.15) is 5.82 Å². The van der Waals surface area contributed by atoms with Gasteiger partial charge in [-0.2, -0.15) is 0 Å². The van der Waals surface area contributed by atoms with Gasteiger partial charge in [-0.05, 0) is 35.7 Å². The molecule has 0 radical (unpaired) electrons. The van der Waals surface area contributed by atoms with Gasteiger partial charge in [-0.3, -0.25) is 10.1 Å². The van der Waals surface area contributed by atoms with Crippen molar-refractivity contribution in [2.24, 2.45) is 11.7 Å². The molecule has 122 valence electrons. The molecule has 0 saturated heterocycles. The molecule has 1 atom stereocenters. The maximum atomic E-state index is 12.9. The van der Waals surface area contributed by atoms with Crippen LogP contribution in [0.2, 0.25) is 0 Å². The van der Waals surface area contributed by atoms with Gasteiger partial charge in [-0.25, -0.2) is 14.2 Å². The number of halogens is 1. The third-order valence-corrected chi connectivity index (χ3v) is 4.50. The van der Waals surface area contributed by atoms with Gasteiger partial charge in [-0.15, -0.1) is 0 Å². The summed E-state index contributed by atoms with van der Waals surface area (Å²) in [7, 11) is 0. The van der Waals surface area contributed by atoms with E-state index in [0.717, 1.165) is 5.56 Å². The zero-order chi connectivity index (χ0) is 17.0. The molecule has 0 saturated carbocycles. The van der Waals surface area contributed by atoms with E-state index in [1.54, 1.807) is 18.3 Å². The summed E-state index contributed by atoms with van der Waals surface area (Å²) in [6.07, 6.45) is 1.61. The fraction of sp³-hybridized carbons (Fsp3) is 0.267. The Morgan fingerprint density at radius 3 is 2.52 bits per heavy atom. The number of hydrogen-bond donors (Lipinski definition) is 3. The molecular formula is C15H17FN4O2S. The van der Waals surface area contributed by atoms with E-state index >= 15 is 0 Å². The number of imide groups is 1. The van der Waals surface area contributed by atoms with Gasteiger partial charge in [0.05, 0.1) is 17.1 Å². The van der Waals surface area contributed by atoms with Crippen LogP contribution in [0.5, 0.6) is 0 Å². The van der Waals surface area contributed by atoms with Gasteiger partial charge in [0.2, 0.25) is 5.91 Å².